The van der Waals surface area contributed by atoms with Crippen molar-refractivity contribution in [3.05, 3.63) is 34.9 Å². The average Bonchev–Trinajstić information content (AvgIpc) is 2.84. The van der Waals surface area contributed by atoms with Gasteiger partial charge in [-0.25, -0.2) is 4.79 Å². The summed E-state index contributed by atoms with van der Waals surface area (Å²) in [4.78, 5) is 43.2. The molecule has 3 amide bonds. The molecule has 2 N–H and O–H groups in total. The highest BCUT2D eigenvalue weighted by Gasteiger charge is 2.37. The highest BCUT2D eigenvalue weighted by molar-refractivity contribution is 5.92. The Kier molecular flexibility index (Phi) is 16.1. The molecule has 0 aromatic heterocycles. The molecule has 7 heteroatoms. The number of hydrogen-bond donors (Lipinski definition) is 2. The van der Waals surface area contributed by atoms with Gasteiger partial charge in [0.2, 0.25) is 11.8 Å². The van der Waals surface area contributed by atoms with E-state index in [1.165, 1.54) is 12.8 Å². The van der Waals surface area contributed by atoms with E-state index in [1.54, 1.807) is 25.7 Å². The van der Waals surface area contributed by atoms with Crippen molar-refractivity contribution >= 4 is 17.9 Å². The van der Waals surface area contributed by atoms with E-state index in [9.17, 15) is 14.4 Å². The lowest BCUT2D eigenvalue weighted by molar-refractivity contribution is -0.143. The van der Waals surface area contributed by atoms with Crippen LogP contribution in [0.15, 0.2) is 18.2 Å². The SMILES string of the molecule is CCCCCCCCN(C(=O)C(CC(C)C)NC(=O)OC(C)(C)C)C(C(=O)NC(C)CCC)c1c(C)cccc1C. The normalized spacial score (nSPS) is 13.8. The lowest BCUT2D eigenvalue weighted by Gasteiger charge is -2.36. The molecule has 41 heavy (non-hydrogen) atoms. The van der Waals surface area contributed by atoms with Crippen molar-refractivity contribution in [3.63, 3.8) is 0 Å². The fourth-order valence-corrected chi connectivity index (χ4v) is 5.29. The zero-order valence-corrected chi connectivity index (χ0v) is 27.7. The molecule has 0 spiro atoms. The Bertz CT molecular complexity index is 934. The third-order valence-corrected chi connectivity index (χ3v) is 7.22. The van der Waals surface area contributed by atoms with E-state index in [-0.39, 0.29) is 23.8 Å². The Balaban J connectivity index is 3.57. The summed E-state index contributed by atoms with van der Waals surface area (Å²) in [5.41, 5.74) is 2.10. The number of ether oxygens (including phenoxy) is 1. The third kappa shape index (κ3) is 13.3. The van der Waals surface area contributed by atoms with Crippen molar-refractivity contribution in [1.29, 1.82) is 0 Å². The van der Waals surface area contributed by atoms with Crippen LogP contribution in [-0.2, 0) is 14.3 Å². The molecule has 3 unspecified atom stereocenters. The molecule has 0 saturated carbocycles. The minimum absolute atomic E-state index is 0.0170. The van der Waals surface area contributed by atoms with E-state index >= 15 is 0 Å². The molecule has 1 rings (SSSR count). The highest BCUT2D eigenvalue weighted by atomic mass is 16.6. The van der Waals surface area contributed by atoms with Crippen molar-refractivity contribution in [2.45, 2.75) is 151 Å². The van der Waals surface area contributed by atoms with Gasteiger partial charge in [-0.2, -0.15) is 0 Å². The van der Waals surface area contributed by atoms with Gasteiger partial charge in [0, 0.05) is 12.6 Å². The third-order valence-electron chi connectivity index (χ3n) is 7.22. The maximum absolute atomic E-state index is 14.5. The highest BCUT2D eigenvalue weighted by Crippen LogP contribution is 2.30. The number of benzene rings is 1. The second-order valence-corrected chi connectivity index (χ2v) is 13.0. The number of carbonyl (C=O) groups is 3. The monoisotopic (exact) mass is 573 g/mol. The number of amides is 3. The Morgan fingerprint density at radius 1 is 0.878 bits per heavy atom. The van der Waals surface area contributed by atoms with Gasteiger partial charge < -0.3 is 20.3 Å². The fourth-order valence-electron chi connectivity index (χ4n) is 5.29. The molecular weight excluding hydrogens is 514 g/mol. The Morgan fingerprint density at radius 3 is 2.00 bits per heavy atom. The zero-order valence-electron chi connectivity index (χ0n) is 27.7. The van der Waals surface area contributed by atoms with E-state index in [0.717, 1.165) is 55.2 Å². The van der Waals surface area contributed by atoms with Crippen molar-refractivity contribution < 1.29 is 19.1 Å². The van der Waals surface area contributed by atoms with Gasteiger partial charge in [0.25, 0.3) is 0 Å². The summed E-state index contributed by atoms with van der Waals surface area (Å²) in [6, 6.07) is 4.35. The maximum Gasteiger partial charge on any atom is 0.408 e. The van der Waals surface area contributed by atoms with Crippen molar-refractivity contribution in [3.8, 4) is 0 Å². The molecule has 0 aliphatic heterocycles. The van der Waals surface area contributed by atoms with Gasteiger partial charge in [-0.1, -0.05) is 84.4 Å². The molecular formula is C34H59N3O4. The first-order valence-corrected chi connectivity index (χ1v) is 15.9. The molecule has 7 nitrogen and oxygen atoms in total. The van der Waals surface area contributed by atoms with Gasteiger partial charge in [-0.3, -0.25) is 9.59 Å². The standard InChI is InChI=1S/C34H59N3O4/c1-11-13-14-15-16-17-22-37(32(39)28(23-24(3)4)36-33(40)41-34(8,9)10)30(31(38)35-27(7)19-12-2)29-25(5)20-18-21-26(29)6/h18,20-21,24,27-28,30H,11-17,19,22-23H2,1-10H3,(H,35,38)(H,36,40). The molecule has 0 radical (unpaired) electrons. The number of alkyl carbamates (subject to hydrolysis) is 1. The van der Waals surface area contributed by atoms with Gasteiger partial charge in [0.15, 0.2) is 0 Å². The Labute approximate surface area is 250 Å². The molecule has 0 bridgehead atoms. The smallest absolute Gasteiger partial charge is 0.408 e. The summed E-state index contributed by atoms with van der Waals surface area (Å²) in [5.74, 6) is -0.279. The van der Waals surface area contributed by atoms with Crippen LogP contribution < -0.4 is 10.6 Å². The second kappa shape index (κ2) is 18.1. The number of rotatable bonds is 17. The minimum atomic E-state index is -0.808. The van der Waals surface area contributed by atoms with E-state index in [0.29, 0.717) is 13.0 Å². The number of nitrogens with one attached hydrogen (secondary N) is 2. The summed E-state index contributed by atoms with van der Waals surface area (Å²) in [6.45, 7) is 20.2. The first-order chi connectivity index (χ1) is 19.2. The summed E-state index contributed by atoms with van der Waals surface area (Å²) in [7, 11) is 0. The van der Waals surface area contributed by atoms with Crippen LogP contribution in [0.25, 0.3) is 0 Å². The topological polar surface area (TPSA) is 87.7 Å². The molecule has 0 aliphatic rings. The van der Waals surface area contributed by atoms with Crippen molar-refractivity contribution in [2.75, 3.05) is 6.54 Å². The first-order valence-electron chi connectivity index (χ1n) is 15.9. The lowest BCUT2D eigenvalue weighted by Crippen LogP contribution is -2.54. The largest absolute Gasteiger partial charge is 0.444 e. The van der Waals surface area contributed by atoms with Crippen LogP contribution in [0.1, 0.15) is 136 Å². The van der Waals surface area contributed by atoms with Crippen LogP contribution in [0.5, 0.6) is 0 Å². The predicted octanol–water partition coefficient (Wildman–Crippen LogP) is 7.78. The lowest BCUT2D eigenvalue weighted by atomic mass is 9.92. The molecule has 234 valence electrons. The maximum atomic E-state index is 14.5. The summed E-state index contributed by atoms with van der Waals surface area (Å²) >= 11 is 0. The predicted molar refractivity (Wildman–Crippen MR) is 169 cm³/mol. The Hall–Kier alpha value is -2.57. The summed E-state index contributed by atoms with van der Waals surface area (Å²) < 4.78 is 5.53. The molecule has 1 aromatic carbocycles. The number of hydrogen-bond acceptors (Lipinski definition) is 4. The fraction of sp³-hybridized carbons (Fsp3) is 0.735. The van der Waals surface area contributed by atoms with Crippen LogP contribution >= 0.6 is 0 Å². The van der Waals surface area contributed by atoms with Gasteiger partial charge in [-0.05, 0) is 83.4 Å². The first kappa shape index (κ1) is 36.5. The number of carbonyl (C=O) groups excluding carboxylic acids is 3. The molecule has 0 aliphatic carbocycles. The molecule has 3 atom stereocenters. The molecule has 0 saturated heterocycles. The molecule has 0 fully saturated rings. The van der Waals surface area contributed by atoms with E-state index in [1.807, 2.05) is 52.8 Å². The molecule has 0 heterocycles. The van der Waals surface area contributed by atoms with Gasteiger partial charge >= 0.3 is 6.09 Å². The quantitative estimate of drug-likeness (QED) is 0.186. The summed E-state index contributed by atoms with van der Waals surface area (Å²) in [5, 5.41) is 6.05. The van der Waals surface area contributed by atoms with E-state index in [2.05, 4.69) is 24.5 Å². The van der Waals surface area contributed by atoms with E-state index in [4.69, 9.17) is 4.74 Å². The second-order valence-electron chi connectivity index (χ2n) is 13.0. The van der Waals surface area contributed by atoms with Gasteiger partial charge in [0.1, 0.15) is 17.7 Å². The van der Waals surface area contributed by atoms with Crippen LogP contribution in [0, 0.1) is 19.8 Å². The number of unbranched alkanes of at least 4 members (excludes halogenated alkanes) is 5. The van der Waals surface area contributed by atoms with Crippen LogP contribution in [0.4, 0.5) is 4.79 Å². The van der Waals surface area contributed by atoms with Gasteiger partial charge in [0.05, 0.1) is 0 Å². The Morgan fingerprint density at radius 2 is 1.46 bits per heavy atom. The van der Waals surface area contributed by atoms with Crippen LogP contribution in [0.2, 0.25) is 0 Å². The number of aryl methyl sites for hydroxylation is 2. The molecule has 1 aromatic rings. The van der Waals surface area contributed by atoms with Gasteiger partial charge in [-0.15, -0.1) is 0 Å². The minimum Gasteiger partial charge on any atom is -0.444 e. The zero-order chi connectivity index (χ0) is 31.2. The number of nitrogens with zero attached hydrogens (tertiary/aromatic N) is 1. The van der Waals surface area contributed by atoms with Crippen LogP contribution in [0.3, 0.4) is 0 Å². The van der Waals surface area contributed by atoms with Crippen molar-refractivity contribution in [2.24, 2.45) is 5.92 Å². The van der Waals surface area contributed by atoms with Crippen LogP contribution in [-0.4, -0.2) is 47.0 Å². The average molecular weight is 574 g/mol. The summed E-state index contributed by atoms with van der Waals surface area (Å²) in [6.07, 6.45) is 8.01. The van der Waals surface area contributed by atoms with Crippen molar-refractivity contribution in [1.82, 2.24) is 15.5 Å². The van der Waals surface area contributed by atoms with E-state index < -0.39 is 23.8 Å².